The molecule has 134 valence electrons. The maximum atomic E-state index is 12.5. The van der Waals surface area contributed by atoms with Gasteiger partial charge in [0, 0.05) is 5.69 Å². The van der Waals surface area contributed by atoms with Gasteiger partial charge in [0.15, 0.2) is 5.60 Å². The number of carboxylic acid groups (broad SMARTS) is 1. The Morgan fingerprint density at radius 1 is 1.24 bits per heavy atom. The summed E-state index contributed by atoms with van der Waals surface area (Å²) in [6.07, 6.45) is 2.78. The second-order valence-electron chi connectivity index (χ2n) is 7.10. The molecule has 1 aromatic carbocycles. The fourth-order valence-electron chi connectivity index (χ4n) is 3.36. The van der Waals surface area contributed by atoms with Crippen molar-refractivity contribution in [2.75, 3.05) is 10.6 Å². The first kappa shape index (κ1) is 17.3. The number of amides is 2. The standard InChI is InChI=1S/C18H22N2O5/c1-18(2)17(24)20-13-9-10(7-8-14(13)25-18)19-15(21)11-5-3-4-6-12(11)16(22)23/h7-9,11-12H,3-6H2,1-2H3,(H,19,21)(H,20,24)(H,22,23)/t11-,12-/m0/s1. The smallest absolute Gasteiger partial charge is 0.307 e. The molecule has 2 aliphatic rings. The van der Waals surface area contributed by atoms with Crippen molar-refractivity contribution in [3.63, 3.8) is 0 Å². The number of benzene rings is 1. The molecule has 1 fully saturated rings. The quantitative estimate of drug-likeness (QED) is 0.780. The Morgan fingerprint density at radius 2 is 1.92 bits per heavy atom. The number of hydrogen-bond acceptors (Lipinski definition) is 4. The number of carboxylic acids is 1. The zero-order chi connectivity index (χ0) is 18.2. The molecule has 1 aromatic rings. The van der Waals surface area contributed by atoms with E-state index >= 15 is 0 Å². The predicted molar refractivity (Wildman–Crippen MR) is 91.5 cm³/mol. The molecule has 0 saturated heterocycles. The number of fused-ring (bicyclic) bond motifs is 1. The van der Waals surface area contributed by atoms with E-state index in [1.54, 1.807) is 32.0 Å². The van der Waals surface area contributed by atoms with E-state index in [2.05, 4.69) is 10.6 Å². The molecule has 1 heterocycles. The van der Waals surface area contributed by atoms with Crippen molar-refractivity contribution in [2.45, 2.75) is 45.1 Å². The number of carbonyl (C=O) groups excluding carboxylic acids is 2. The number of anilines is 2. The average Bonchev–Trinajstić information content (AvgIpc) is 2.56. The lowest BCUT2D eigenvalue weighted by Crippen LogP contribution is -2.45. The second-order valence-corrected chi connectivity index (χ2v) is 7.10. The molecule has 0 spiro atoms. The minimum Gasteiger partial charge on any atom is -0.481 e. The molecule has 0 aromatic heterocycles. The van der Waals surface area contributed by atoms with Crippen LogP contribution < -0.4 is 15.4 Å². The molecule has 1 saturated carbocycles. The highest BCUT2D eigenvalue weighted by atomic mass is 16.5. The third kappa shape index (κ3) is 3.45. The molecule has 2 amide bonds. The van der Waals surface area contributed by atoms with Crippen LogP contribution in [0.15, 0.2) is 18.2 Å². The molecule has 1 aliphatic carbocycles. The van der Waals surface area contributed by atoms with Gasteiger partial charge in [-0.15, -0.1) is 0 Å². The summed E-state index contributed by atoms with van der Waals surface area (Å²) in [5, 5.41) is 14.8. The molecule has 3 rings (SSSR count). The first-order valence-corrected chi connectivity index (χ1v) is 8.46. The molecular weight excluding hydrogens is 324 g/mol. The van der Waals surface area contributed by atoms with Gasteiger partial charge in [-0.05, 0) is 44.9 Å². The first-order chi connectivity index (χ1) is 11.8. The Morgan fingerprint density at radius 3 is 2.60 bits per heavy atom. The third-order valence-electron chi connectivity index (χ3n) is 4.83. The first-order valence-electron chi connectivity index (χ1n) is 8.46. The highest BCUT2D eigenvalue weighted by Gasteiger charge is 2.37. The van der Waals surface area contributed by atoms with Crippen LogP contribution in [0.25, 0.3) is 0 Å². The van der Waals surface area contributed by atoms with E-state index in [-0.39, 0.29) is 11.8 Å². The molecule has 0 bridgehead atoms. The van der Waals surface area contributed by atoms with E-state index in [9.17, 15) is 19.5 Å². The molecule has 0 unspecified atom stereocenters. The van der Waals surface area contributed by atoms with E-state index in [0.717, 1.165) is 12.8 Å². The van der Waals surface area contributed by atoms with Gasteiger partial charge in [0.1, 0.15) is 5.75 Å². The van der Waals surface area contributed by atoms with Crippen LogP contribution in [-0.2, 0) is 14.4 Å². The number of carbonyl (C=O) groups is 3. The minimum atomic E-state index is -0.950. The van der Waals surface area contributed by atoms with Crippen LogP contribution in [0.5, 0.6) is 5.75 Å². The summed E-state index contributed by atoms with van der Waals surface area (Å²) in [5.74, 6) is -2.13. The second kappa shape index (κ2) is 6.38. The lowest BCUT2D eigenvalue weighted by molar-refractivity contribution is -0.147. The third-order valence-corrected chi connectivity index (χ3v) is 4.83. The van der Waals surface area contributed by atoms with Crippen molar-refractivity contribution in [1.29, 1.82) is 0 Å². The van der Waals surface area contributed by atoms with Crippen LogP contribution in [0.1, 0.15) is 39.5 Å². The van der Waals surface area contributed by atoms with E-state index < -0.39 is 23.4 Å². The fourth-order valence-corrected chi connectivity index (χ4v) is 3.36. The zero-order valence-electron chi connectivity index (χ0n) is 14.3. The topological polar surface area (TPSA) is 105 Å². The summed E-state index contributed by atoms with van der Waals surface area (Å²) in [6.45, 7) is 3.35. The molecule has 7 heteroatoms. The molecule has 7 nitrogen and oxygen atoms in total. The van der Waals surface area contributed by atoms with E-state index in [0.29, 0.717) is 30.0 Å². The summed E-state index contributed by atoms with van der Waals surface area (Å²) in [5.41, 5.74) is 0.0387. The molecule has 25 heavy (non-hydrogen) atoms. The highest BCUT2D eigenvalue weighted by molar-refractivity contribution is 6.01. The average molecular weight is 346 g/mol. The van der Waals surface area contributed by atoms with Gasteiger partial charge in [-0.2, -0.15) is 0 Å². The van der Waals surface area contributed by atoms with Gasteiger partial charge in [0.05, 0.1) is 17.5 Å². The Hall–Kier alpha value is -2.57. The lowest BCUT2D eigenvalue weighted by Gasteiger charge is -2.32. The Balaban J connectivity index is 1.75. The predicted octanol–water partition coefficient (Wildman–Crippen LogP) is 2.63. The summed E-state index contributed by atoms with van der Waals surface area (Å²) < 4.78 is 5.65. The summed E-state index contributed by atoms with van der Waals surface area (Å²) in [7, 11) is 0. The summed E-state index contributed by atoms with van der Waals surface area (Å²) in [4.78, 5) is 35.9. The van der Waals surface area contributed by atoms with Crippen molar-refractivity contribution >= 4 is 29.2 Å². The van der Waals surface area contributed by atoms with E-state index in [4.69, 9.17) is 4.74 Å². The van der Waals surface area contributed by atoms with Crippen molar-refractivity contribution in [3.8, 4) is 5.75 Å². The van der Waals surface area contributed by atoms with Crippen molar-refractivity contribution in [1.82, 2.24) is 0 Å². The van der Waals surface area contributed by atoms with Crippen LogP contribution in [0.4, 0.5) is 11.4 Å². The number of nitrogens with one attached hydrogen (secondary N) is 2. The number of rotatable bonds is 3. The Labute approximate surface area is 145 Å². The Kier molecular flexibility index (Phi) is 4.41. The van der Waals surface area contributed by atoms with Gasteiger partial charge < -0.3 is 20.5 Å². The zero-order valence-corrected chi connectivity index (χ0v) is 14.3. The molecule has 0 radical (unpaired) electrons. The highest BCUT2D eigenvalue weighted by Crippen LogP contribution is 2.36. The Bertz CT molecular complexity index is 728. The van der Waals surface area contributed by atoms with E-state index in [1.165, 1.54) is 0 Å². The molecule has 1 aliphatic heterocycles. The van der Waals surface area contributed by atoms with Crippen LogP contribution in [-0.4, -0.2) is 28.5 Å². The van der Waals surface area contributed by atoms with Crippen LogP contribution in [0.2, 0.25) is 0 Å². The van der Waals surface area contributed by atoms with Gasteiger partial charge in [0.2, 0.25) is 5.91 Å². The van der Waals surface area contributed by atoms with Crippen molar-refractivity contribution in [3.05, 3.63) is 18.2 Å². The number of hydrogen-bond donors (Lipinski definition) is 3. The SMILES string of the molecule is CC1(C)Oc2ccc(NC(=O)[C@H]3CCCC[C@@H]3C(=O)O)cc2NC1=O. The van der Waals surface area contributed by atoms with Crippen molar-refractivity contribution < 1.29 is 24.2 Å². The van der Waals surface area contributed by atoms with Crippen LogP contribution in [0, 0.1) is 11.8 Å². The normalized spacial score (nSPS) is 24.5. The molecule has 2 atom stereocenters. The van der Waals surface area contributed by atoms with Gasteiger partial charge in [-0.25, -0.2) is 0 Å². The van der Waals surface area contributed by atoms with Gasteiger partial charge >= 0.3 is 5.97 Å². The molecule has 3 N–H and O–H groups in total. The van der Waals surface area contributed by atoms with Crippen molar-refractivity contribution in [2.24, 2.45) is 11.8 Å². The number of aliphatic carboxylic acids is 1. The van der Waals surface area contributed by atoms with Crippen LogP contribution in [0.3, 0.4) is 0 Å². The van der Waals surface area contributed by atoms with Gasteiger partial charge in [0.25, 0.3) is 5.91 Å². The van der Waals surface area contributed by atoms with E-state index in [1.807, 2.05) is 0 Å². The molecular formula is C18H22N2O5. The van der Waals surface area contributed by atoms with Crippen LogP contribution >= 0.6 is 0 Å². The maximum Gasteiger partial charge on any atom is 0.307 e. The lowest BCUT2D eigenvalue weighted by atomic mass is 9.78. The van der Waals surface area contributed by atoms with Gasteiger partial charge in [-0.3, -0.25) is 14.4 Å². The fraction of sp³-hybridized carbons (Fsp3) is 0.500. The minimum absolute atomic E-state index is 0.262. The largest absolute Gasteiger partial charge is 0.481 e. The maximum absolute atomic E-state index is 12.5. The summed E-state index contributed by atoms with van der Waals surface area (Å²) >= 11 is 0. The monoisotopic (exact) mass is 346 g/mol. The number of ether oxygens (including phenoxy) is 1. The summed E-state index contributed by atoms with van der Waals surface area (Å²) in [6, 6.07) is 4.99. The van der Waals surface area contributed by atoms with Gasteiger partial charge in [-0.1, -0.05) is 12.8 Å².